The molecule has 1 heterocycles. The van der Waals surface area contributed by atoms with Gasteiger partial charge in [-0.3, -0.25) is 4.79 Å². The third kappa shape index (κ3) is 2.95. The molecule has 0 aliphatic rings. The number of methoxy groups -OCH3 is 2. The number of nitrogens with zero attached hydrogens (tertiary/aromatic N) is 1. The van der Waals surface area contributed by atoms with Crippen molar-refractivity contribution in [2.24, 2.45) is 0 Å². The predicted molar refractivity (Wildman–Crippen MR) is 85.2 cm³/mol. The Balaban J connectivity index is 2.67. The van der Waals surface area contributed by atoms with Crippen LogP contribution in [0.15, 0.2) is 21.4 Å². The second kappa shape index (κ2) is 6.30. The highest BCUT2D eigenvalue weighted by atomic mass is 79.9. The molecule has 0 amide bonds. The molecule has 21 heavy (non-hydrogen) atoms. The van der Waals surface area contributed by atoms with Gasteiger partial charge in [-0.2, -0.15) is 0 Å². The highest BCUT2D eigenvalue weighted by molar-refractivity contribution is 9.10. The first-order valence-corrected chi connectivity index (χ1v) is 7.32. The van der Waals surface area contributed by atoms with E-state index >= 15 is 0 Å². The van der Waals surface area contributed by atoms with E-state index in [1.54, 1.807) is 33.3 Å². The molecule has 0 bridgehead atoms. The van der Waals surface area contributed by atoms with E-state index in [0.717, 1.165) is 15.7 Å². The van der Waals surface area contributed by atoms with E-state index in [9.17, 15) is 4.79 Å². The van der Waals surface area contributed by atoms with Crippen molar-refractivity contribution < 1.29 is 9.47 Å². The van der Waals surface area contributed by atoms with Crippen LogP contribution >= 0.6 is 15.9 Å². The average Bonchev–Trinajstić information content (AvgIpc) is 2.49. The maximum absolute atomic E-state index is 12.0. The summed E-state index contributed by atoms with van der Waals surface area (Å²) in [6, 6.07) is 3.58. The van der Waals surface area contributed by atoms with Gasteiger partial charge in [-0.25, -0.2) is 4.98 Å². The molecule has 0 saturated carbocycles. The summed E-state index contributed by atoms with van der Waals surface area (Å²) in [6.07, 6.45) is 0.702. The number of ether oxygens (including phenoxy) is 2. The zero-order valence-corrected chi connectivity index (χ0v) is 14.0. The van der Waals surface area contributed by atoms with E-state index < -0.39 is 0 Å². The molecule has 0 radical (unpaired) electrons. The van der Waals surface area contributed by atoms with Gasteiger partial charge in [-0.05, 0) is 41.4 Å². The van der Waals surface area contributed by atoms with Gasteiger partial charge in [-0.1, -0.05) is 6.92 Å². The Morgan fingerprint density at radius 1 is 1.24 bits per heavy atom. The first-order chi connectivity index (χ1) is 10.0. The van der Waals surface area contributed by atoms with Gasteiger partial charge in [0.25, 0.3) is 5.56 Å². The number of hydrogen-bond donors (Lipinski definition) is 1. The summed E-state index contributed by atoms with van der Waals surface area (Å²) in [4.78, 5) is 19.3. The minimum atomic E-state index is -0.126. The number of aromatic amines is 1. The van der Waals surface area contributed by atoms with Crippen LogP contribution in [0.4, 0.5) is 0 Å². The normalized spacial score (nSPS) is 10.5. The largest absolute Gasteiger partial charge is 0.493 e. The van der Waals surface area contributed by atoms with Crippen LogP contribution in [0.1, 0.15) is 18.2 Å². The van der Waals surface area contributed by atoms with Gasteiger partial charge in [0, 0.05) is 15.6 Å². The Labute approximate surface area is 131 Å². The van der Waals surface area contributed by atoms with Crippen LogP contribution in [0.25, 0.3) is 11.4 Å². The Morgan fingerprint density at radius 3 is 2.43 bits per heavy atom. The van der Waals surface area contributed by atoms with E-state index in [4.69, 9.17) is 9.47 Å². The Kier molecular flexibility index (Phi) is 4.67. The number of H-pyrrole nitrogens is 1. The van der Waals surface area contributed by atoms with Crippen molar-refractivity contribution in [1.29, 1.82) is 0 Å². The number of rotatable bonds is 4. The molecule has 6 heteroatoms. The lowest BCUT2D eigenvalue weighted by molar-refractivity contribution is 0.355. The number of nitrogens with one attached hydrogen (secondary N) is 1. The third-order valence-corrected chi connectivity index (χ3v) is 3.97. The molecule has 1 N–H and O–H groups in total. The summed E-state index contributed by atoms with van der Waals surface area (Å²) >= 11 is 3.48. The molecule has 0 saturated heterocycles. The second-order valence-electron chi connectivity index (χ2n) is 4.53. The second-order valence-corrected chi connectivity index (χ2v) is 5.38. The lowest BCUT2D eigenvalue weighted by Gasteiger charge is -2.12. The highest BCUT2D eigenvalue weighted by Crippen LogP contribution is 2.37. The van der Waals surface area contributed by atoms with Gasteiger partial charge in [0.15, 0.2) is 11.5 Å². The van der Waals surface area contributed by atoms with Gasteiger partial charge in [0.2, 0.25) is 0 Å². The van der Waals surface area contributed by atoms with Crippen LogP contribution in [0.3, 0.4) is 0 Å². The number of halogens is 1. The van der Waals surface area contributed by atoms with Crippen LogP contribution in [0, 0.1) is 6.92 Å². The van der Waals surface area contributed by atoms with Crippen molar-refractivity contribution >= 4 is 15.9 Å². The number of aromatic nitrogens is 2. The SMILES string of the molecule is CCc1nc(-c2cc(OC)c(OC)cc2Br)[nH]c(=O)c1C. The van der Waals surface area contributed by atoms with E-state index in [2.05, 4.69) is 25.9 Å². The molecule has 0 fully saturated rings. The molecular formula is C15H17BrN2O3. The van der Waals surface area contributed by atoms with Crippen molar-refractivity contribution in [3.05, 3.63) is 38.2 Å². The average molecular weight is 353 g/mol. The maximum Gasteiger partial charge on any atom is 0.254 e. The standard InChI is InChI=1S/C15H17BrN2O3/c1-5-11-8(2)15(19)18-14(17-11)9-6-12(20-3)13(21-4)7-10(9)16/h6-7H,5H2,1-4H3,(H,17,18,19). The first kappa shape index (κ1) is 15.6. The highest BCUT2D eigenvalue weighted by Gasteiger charge is 2.14. The minimum Gasteiger partial charge on any atom is -0.493 e. The van der Waals surface area contributed by atoms with E-state index in [1.165, 1.54) is 0 Å². The smallest absolute Gasteiger partial charge is 0.254 e. The lowest BCUT2D eigenvalue weighted by Crippen LogP contribution is -2.15. The summed E-state index contributed by atoms with van der Waals surface area (Å²) in [7, 11) is 3.14. The molecule has 1 aromatic carbocycles. The van der Waals surface area contributed by atoms with Gasteiger partial charge in [-0.15, -0.1) is 0 Å². The molecule has 0 aliphatic heterocycles. The fraction of sp³-hybridized carbons (Fsp3) is 0.333. The van der Waals surface area contributed by atoms with Crippen molar-refractivity contribution in [2.75, 3.05) is 14.2 Å². The molecule has 5 nitrogen and oxygen atoms in total. The molecule has 0 spiro atoms. The van der Waals surface area contributed by atoms with Crippen LogP contribution < -0.4 is 15.0 Å². The summed E-state index contributed by atoms with van der Waals surface area (Å²) in [5.74, 6) is 1.70. The van der Waals surface area contributed by atoms with Gasteiger partial charge in [0.05, 0.1) is 19.9 Å². The fourth-order valence-corrected chi connectivity index (χ4v) is 2.60. The van der Waals surface area contributed by atoms with Gasteiger partial charge in [0.1, 0.15) is 5.82 Å². The van der Waals surface area contributed by atoms with Crippen molar-refractivity contribution in [1.82, 2.24) is 9.97 Å². The Morgan fingerprint density at radius 2 is 1.86 bits per heavy atom. The Hall–Kier alpha value is -1.82. The maximum atomic E-state index is 12.0. The van der Waals surface area contributed by atoms with Gasteiger partial charge < -0.3 is 14.5 Å². The Bertz CT molecular complexity index is 726. The topological polar surface area (TPSA) is 64.2 Å². The zero-order valence-electron chi connectivity index (χ0n) is 12.4. The molecule has 1 aromatic heterocycles. The van der Waals surface area contributed by atoms with Crippen molar-refractivity contribution in [3.63, 3.8) is 0 Å². The molecule has 0 unspecified atom stereocenters. The fourth-order valence-electron chi connectivity index (χ4n) is 2.09. The van der Waals surface area contributed by atoms with E-state index in [-0.39, 0.29) is 5.56 Å². The number of benzene rings is 1. The van der Waals surface area contributed by atoms with Gasteiger partial charge >= 0.3 is 0 Å². The molecule has 2 rings (SSSR count). The number of hydrogen-bond acceptors (Lipinski definition) is 4. The summed E-state index contributed by atoms with van der Waals surface area (Å²) in [5.41, 5.74) is 2.06. The molecule has 112 valence electrons. The van der Waals surface area contributed by atoms with Crippen molar-refractivity contribution in [3.8, 4) is 22.9 Å². The molecule has 0 atom stereocenters. The summed E-state index contributed by atoms with van der Waals surface area (Å²) < 4.78 is 11.3. The van der Waals surface area contributed by atoms with Crippen LogP contribution in [0.5, 0.6) is 11.5 Å². The molecule has 2 aromatic rings. The van der Waals surface area contributed by atoms with Crippen LogP contribution in [0.2, 0.25) is 0 Å². The molecular weight excluding hydrogens is 336 g/mol. The van der Waals surface area contributed by atoms with Crippen molar-refractivity contribution in [2.45, 2.75) is 20.3 Å². The third-order valence-electron chi connectivity index (χ3n) is 3.32. The minimum absolute atomic E-state index is 0.126. The lowest BCUT2D eigenvalue weighted by atomic mass is 10.1. The van der Waals surface area contributed by atoms with E-state index in [1.807, 2.05) is 6.92 Å². The quantitative estimate of drug-likeness (QED) is 0.918. The summed E-state index contributed by atoms with van der Waals surface area (Å²) in [5, 5.41) is 0. The van der Waals surface area contributed by atoms with Crippen LogP contribution in [-0.2, 0) is 6.42 Å². The predicted octanol–water partition coefficient (Wildman–Crippen LogP) is 3.09. The molecule has 0 aliphatic carbocycles. The van der Waals surface area contributed by atoms with Crippen LogP contribution in [-0.4, -0.2) is 24.2 Å². The first-order valence-electron chi connectivity index (χ1n) is 6.53. The zero-order chi connectivity index (χ0) is 15.6. The number of aryl methyl sites for hydroxylation is 1. The van der Waals surface area contributed by atoms with E-state index in [0.29, 0.717) is 29.3 Å². The summed E-state index contributed by atoms with van der Waals surface area (Å²) in [6.45, 7) is 3.75. The monoisotopic (exact) mass is 352 g/mol.